The quantitative estimate of drug-likeness (QED) is 0.834. The van der Waals surface area contributed by atoms with E-state index in [4.69, 9.17) is 9.47 Å². The summed E-state index contributed by atoms with van der Waals surface area (Å²) in [5.74, 6) is 1.10. The minimum absolute atomic E-state index is 0.00387. The van der Waals surface area contributed by atoms with Crippen LogP contribution in [0.2, 0.25) is 0 Å². The molecular formula is C19H23N3O3. The molecule has 1 fully saturated rings. The third-order valence-corrected chi connectivity index (χ3v) is 4.74. The minimum atomic E-state index is 0.00387. The Hall–Kier alpha value is -2.47. The molecule has 1 aromatic heterocycles. The van der Waals surface area contributed by atoms with Gasteiger partial charge in [0.25, 0.3) is 5.91 Å². The van der Waals surface area contributed by atoms with Gasteiger partial charge in [0.05, 0.1) is 31.2 Å². The van der Waals surface area contributed by atoms with E-state index in [0.29, 0.717) is 18.7 Å². The van der Waals surface area contributed by atoms with Crippen LogP contribution in [0.1, 0.15) is 22.3 Å². The fourth-order valence-corrected chi connectivity index (χ4v) is 3.37. The first-order valence-electron chi connectivity index (χ1n) is 8.43. The highest BCUT2D eigenvalue weighted by Gasteiger charge is 2.32. The number of hydrogen-bond acceptors (Lipinski definition) is 5. The minimum Gasteiger partial charge on any atom is -0.497 e. The zero-order chi connectivity index (χ0) is 17.6. The third kappa shape index (κ3) is 4.14. The Bertz CT molecular complexity index is 691. The van der Waals surface area contributed by atoms with Crippen LogP contribution in [-0.2, 0) is 11.2 Å². The Morgan fingerprint density at radius 1 is 1.20 bits per heavy atom. The smallest absolute Gasteiger partial charge is 0.255 e. The molecule has 1 aliphatic heterocycles. The van der Waals surface area contributed by atoms with Crippen molar-refractivity contribution >= 4 is 5.91 Å². The molecule has 0 unspecified atom stereocenters. The summed E-state index contributed by atoms with van der Waals surface area (Å²) < 4.78 is 10.9. The SMILES string of the molecule is COc1ccc(C[C@H]2CN(C(=O)c3ccnnc3)CC[C@H]2OC)cc1. The molecule has 0 saturated carbocycles. The summed E-state index contributed by atoms with van der Waals surface area (Å²) >= 11 is 0. The number of ether oxygens (including phenoxy) is 2. The number of aromatic nitrogens is 2. The second-order valence-corrected chi connectivity index (χ2v) is 6.26. The molecule has 1 aromatic carbocycles. The van der Waals surface area contributed by atoms with Gasteiger partial charge >= 0.3 is 0 Å². The predicted molar refractivity (Wildman–Crippen MR) is 93.5 cm³/mol. The normalized spacial score (nSPS) is 20.3. The van der Waals surface area contributed by atoms with Crippen molar-refractivity contribution in [3.63, 3.8) is 0 Å². The maximum atomic E-state index is 12.7. The highest BCUT2D eigenvalue weighted by atomic mass is 16.5. The van der Waals surface area contributed by atoms with Gasteiger partial charge in [0.2, 0.25) is 0 Å². The molecule has 2 aromatic rings. The Morgan fingerprint density at radius 2 is 2.00 bits per heavy atom. The van der Waals surface area contributed by atoms with Gasteiger partial charge in [0.15, 0.2) is 0 Å². The van der Waals surface area contributed by atoms with Crippen molar-refractivity contribution in [3.05, 3.63) is 53.9 Å². The van der Waals surface area contributed by atoms with Crippen molar-refractivity contribution < 1.29 is 14.3 Å². The Kier molecular flexibility index (Phi) is 5.60. The highest BCUT2D eigenvalue weighted by Crippen LogP contribution is 2.25. The number of benzene rings is 1. The maximum absolute atomic E-state index is 12.7. The molecule has 2 heterocycles. The van der Waals surface area contributed by atoms with Gasteiger partial charge in [-0.3, -0.25) is 4.79 Å². The van der Waals surface area contributed by atoms with E-state index in [1.807, 2.05) is 17.0 Å². The summed E-state index contributed by atoms with van der Waals surface area (Å²) in [6, 6.07) is 9.77. The molecule has 132 valence electrons. The number of nitrogens with zero attached hydrogens (tertiary/aromatic N) is 3. The van der Waals surface area contributed by atoms with Crippen molar-refractivity contribution in [1.29, 1.82) is 0 Å². The topological polar surface area (TPSA) is 64.5 Å². The molecule has 0 bridgehead atoms. The molecule has 1 saturated heterocycles. The zero-order valence-corrected chi connectivity index (χ0v) is 14.6. The van der Waals surface area contributed by atoms with E-state index in [2.05, 4.69) is 22.3 Å². The van der Waals surface area contributed by atoms with Crippen LogP contribution in [0.25, 0.3) is 0 Å². The number of carbonyl (C=O) groups is 1. The van der Waals surface area contributed by atoms with E-state index in [-0.39, 0.29) is 17.9 Å². The second kappa shape index (κ2) is 8.07. The molecule has 25 heavy (non-hydrogen) atoms. The first kappa shape index (κ1) is 17.4. The average molecular weight is 341 g/mol. The summed E-state index contributed by atoms with van der Waals surface area (Å²) in [7, 11) is 3.41. The molecule has 6 nitrogen and oxygen atoms in total. The summed E-state index contributed by atoms with van der Waals surface area (Å²) in [6.07, 6.45) is 4.91. The Balaban J connectivity index is 1.70. The van der Waals surface area contributed by atoms with Gasteiger partial charge in [0.1, 0.15) is 5.75 Å². The predicted octanol–water partition coefficient (Wildman–Crippen LogP) is 2.21. The summed E-state index contributed by atoms with van der Waals surface area (Å²) in [4.78, 5) is 14.6. The fraction of sp³-hybridized carbons (Fsp3) is 0.421. The third-order valence-electron chi connectivity index (χ3n) is 4.74. The molecule has 6 heteroatoms. The molecule has 1 amide bonds. The van der Waals surface area contributed by atoms with Gasteiger partial charge in [-0.2, -0.15) is 10.2 Å². The van der Waals surface area contributed by atoms with Crippen molar-refractivity contribution in [2.75, 3.05) is 27.3 Å². The van der Waals surface area contributed by atoms with Crippen LogP contribution < -0.4 is 4.74 Å². The fourth-order valence-electron chi connectivity index (χ4n) is 3.37. The van der Waals surface area contributed by atoms with E-state index in [9.17, 15) is 4.79 Å². The van der Waals surface area contributed by atoms with Gasteiger partial charge in [-0.1, -0.05) is 12.1 Å². The largest absolute Gasteiger partial charge is 0.497 e. The van der Waals surface area contributed by atoms with Gasteiger partial charge < -0.3 is 14.4 Å². The van der Waals surface area contributed by atoms with Crippen molar-refractivity contribution in [2.24, 2.45) is 5.92 Å². The molecule has 0 spiro atoms. The van der Waals surface area contributed by atoms with Crippen LogP contribution in [0.4, 0.5) is 0 Å². The van der Waals surface area contributed by atoms with Gasteiger partial charge in [0, 0.05) is 26.1 Å². The van der Waals surface area contributed by atoms with Crippen molar-refractivity contribution in [2.45, 2.75) is 18.9 Å². The average Bonchev–Trinajstić information content (AvgIpc) is 2.68. The Morgan fingerprint density at radius 3 is 2.64 bits per heavy atom. The summed E-state index contributed by atoms with van der Waals surface area (Å²) in [6.45, 7) is 1.37. The first-order chi connectivity index (χ1) is 12.2. The number of methoxy groups -OCH3 is 2. The van der Waals surface area contributed by atoms with Crippen LogP contribution in [0.3, 0.4) is 0 Å². The second-order valence-electron chi connectivity index (χ2n) is 6.26. The van der Waals surface area contributed by atoms with Gasteiger partial charge in [-0.05, 0) is 36.6 Å². The standard InChI is InChI=1S/C19H23N3O3/c1-24-17-5-3-14(4-6-17)11-16-13-22(10-8-18(16)25-2)19(23)15-7-9-20-21-12-15/h3-7,9,12,16,18H,8,10-11,13H2,1-2H3/t16-,18+/m0/s1. The van der Waals surface area contributed by atoms with Gasteiger partial charge in [-0.25, -0.2) is 0 Å². The van der Waals surface area contributed by atoms with Crippen molar-refractivity contribution in [3.8, 4) is 5.75 Å². The van der Waals surface area contributed by atoms with E-state index >= 15 is 0 Å². The molecule has 3 rings (SSSR count). The van der Waals surface area contributed by atoms with Crippen LogP contribution >= 0.6 is 0 Å². The number of piperidine rings is 1. The van der Waals surface area contributed by atoms with Crippen LogP contribution in [0.5, 0.6) is 5.75 Å². The summed E-state index contributed by atoms with van der Waals surface area (Å²) in [5, 5.41) is 7.53. The van der Waals surface area contributed by atoms with E-state index < -0.39 is 0 Å². The lowest BCUT2D eigenvalue weighted by molar-refractivity contribution is -0.00301. The number of hydrogen-bond donors (Lipinski definition) is 0. The molecular weight excluding hydrogens is 318 g/mol. The molecule has 0 radical (unpaired) electrons. The summed E-state index contributed by atoms with van der Waals surface area (Å²) in [5.41, 5.74) is 1.79. The molecule has 2 atom stereocenters. The first-order valence-corrected chi connectivity index (χ1v) is 8.43. The lowest BCUT2D eigenvalue weighted by atomic mass is 9.88. The highest BCUT2D eigenvalue weighted by molar-refractivity contribution is 5.93. The lowest BCUT2D eigenvalue weighted by Crippen LogP contribution is -2.47. The van der Waals surface area contributed by atoms with Crippen LogP contribution in [-0.4, -0.2) is 54.4 Å². The van der Waals surface area contributed by atoms with Crippen LogP contribution in [0, 0.1) is 5.92 Å². The lowest BCUT2D eigenvalue weighted by Gasteiger charge is -2.38. The number of amides is 1. The zero-order valence-electron chi connectivity index (χ0n) is 14.6. The number of likely N-dealkylation sites (tertiary alicyclic amines) is 1. The number of rotatable bonds is 5. The van der Waals surface area contributed by atoms with E-state index in [1.165, 1.54) is 11.8 Å². The van der Waals surface area contributed by atoms with E-state index in [0.717, 1.165) is 18.6 Å². The Labute approximate surface area is 147 Å². The maximum Gasteiger partial charge on any atom is 0.255 e. The van der Waals surface area contributed by atoms with E-state index in [1.54, 1.807) is 26.5 Å². The van der Waals surface area contributed by atoms with Crippen molar-refractivity contribution in [1.82, 2.24) is 15.1 Å². The van der Waals surface area contributed by atoms with Crippen LogP contribution in [0.15, 0.2) is 42.7 Å². The number of carbonyl (C=O) groups excluding carboxylic acids is 1. The van der Waals surface area contributed by atoms with Gasteiger partial charge in [-0.15, -0.1) is 0 Å². The monoisotopic (exact) mass is 341 g/mol. The molecule has 0 aliphatic carbocycles. The molecule has 0 N–H and O–H groups in total. The molecule has 1 aliphatic rings.